The van der Waals surface area contributed by atoms with Gasteiger partial charge in [-0.05, 0) is 19.8 Å². The van der Waals surface area contributed by atoms with Gasteiger partial charge in [0.2, 0.25) is 0 Å². The van der Waals surface area contributed by atoms with Gasteiger partial charge in [-0.15, -0.1) is 0 Å². The van der Waals surface area contributed by atoms with E-state index in [1.54, 1.807) is 6.92 Å². The molecule has 0 heterocycles. The van der Waals surface area contributed by atoms with Gasteiger partial charge in [0.15, 0.2) is 0 Å². The van der Waals surface area contributed by atoms with Crippen LogP contribution in [0, 0.1) is 0 Å². The van der Waals surface area contributed by atoms with Gasteiger partial charge in [-0.2, -0.15) is 0 Å². The van der Waals surface area contributed by atoms with Crippen molar-refractivity contribution in [1.82, 2.24) is 0 Å². The largest absolute Gasteiger partial charge is 0.466 e. The van der Waals surface area contributed by atoms with Crippen LogP contribution in [0.5, 0.6) is 0 Å². The van der Waals surface area contributed by atoms with Crippen LogP contribution >= 0.6 is 0 Å². The maximum atomic E-state index is 10.2. The molecular formula is C11H22O3. The molecule has 0 amide bonds. The summed E-state index contributed by atoms with van der Waals surface area (Å²) in [4.78, 5) is 20.2. The fourth-order valence-electron chi connectivity index (χ4n) is 0.672. The van der Waals surface area contributed by atoms with E-state index >= 15 is 0 Å². The van der Waals surface area contributed by atoms with Crippen LogP contribution in [0.1, 0.15) is 53.4 Å². The monoisotopic (exact) mass is 202 g/mol. The molecule has 0 spiro atoms. The van der Waals surface area contributed by atoms with E-state index in [1.165, 1.54) is 6.92 Å². The molecule has 0 aromatic carbocycles. The van der Waals surface area contributed by atoms with Crippen molar-refractivity contribution >= 4 is 11.8 Å². The summed E-state index contributed by atoms with van der Waals surface area (Å²) in [5.74, 6) is 0.115. The first-order valence-electron chi connectivity index (χ1n) is 5.17. The molecule has 0 saturated heterocycles. The van der Waals surface area contributed by atoms with Gasteiger partial charge in [-0.3, -0.25) is 4.79 Å². The Balaban J connectivity index is 0. The van der Waals surface area contributed by atoms with Crippen molar-refractivity contribution in [2.75, 3.05) is 6.61 Å². The van der Waals surface area contributed by atoms with Crippen LogP contribution in [0.3, 0.4) is 0 Å². The normalized spacial score (nSPS) is 8.57. The Morgan fingerprint density at radius 2 is 1.64 bits per heavy atom. The maximum Gasteiger partial charge on any atom is 0.302 e. The maximum absolute atomic E-state index is 10.2. The summed E-state index contributed by atoms with van der Waals surface area (Å²) in [5.41, 5.74) is 0. The summed E-state index contributed by atoms with van der Waals surface area (Å²) in [7, 11) is 0. The Labute approximate surface area is 86.8 Å². The topological polar surface area (TPSA) is 43.4 Å². The highest BCUT2D eigenvalue weighted by Crippen LogP contribution is 1.92. The van der Waals surface area contributed by atoms with E-state index in [0.29, 0.717) is 12.4 Å². The highest BCUT2D eigenvalue weighted by atomic mass is 16.5. The number of Topliss-reactive ketones (excluding diaryl/α,β-unsaturated/α-hetero) is 1. The molecule has 0 aliphatic heterocycles. The number of esters is 1. The highest BCUT2D eigenvalue weighted by Gasteiger charge is 1.87. The first-order valence-corrected chi connectivity index (χ1v) is 5.17. The molecule has 0 saturated carbocycles. The zero-order chi connectivity index (χ0) is 11.4. The molecule has 0 aliphatic rings. The lowest BCUT2D eigenvalue weighted by Gasteiger charge is -1.93. The summed E-state index contributed by atoms with van der Waals surface area (Å²) in [6, 6.07) is 0. The molecule has 0 aromatic rings. The van der Waals surface area contributed by atoms with Gasteiger partial charge in [0, 0.05) is 13.3 Å². The van der Waals surface area contributed by atoms with E-state index in [9.17, 15) is 9.59 Å². The van der Waals surface area contributed by atoms with Crippen LogP contribution in [-0.4, -0.2) is 18.4 Å². The lowest BCUT2D eigenvalue weighted by molar-refractivity contribution is -0.140. The zero-order valence-electron chi connectivity index (χ0n) is 9.76. The van der Waals surface area contributed by atoms with E-state index in [-0.39, 0.29) is 5.97 Å². The molecule has 0 aliphatic carbocycles. The van der Waals surface area contributed by atoms with Crippen molar-refractivity contribution in [3.63, 3.8) is 0 Å². The fourth-order valence-corrected chi connectivity index (χ4v) is 0.672. The standard InChI is InChI=1S/C6H12O.C5H10O2/c1-3-4-5-6(2)7;1-3-4-7-5(2)6/h3-5H2,1-2H3;3-4H2,1-2H3. The smallest absolute Gasteiger partial charge is 0.302 e. The number of ketones is 1. The van der Waals surface area contributed by atoms with Gasteiger partial charge in [0.05, 0.1) is 6.61 Å². The highest BCUT2D eigenvalue weighted by molar-refractivity contribution is 5.75. The van der Waals surface area contributed by atoms with E-state index < -0.39 is 0 Å². The minimum Gasteiger partial charge on any atom is -0.466 e. The number of hydrogen-bond donors (Lipinski definition) is 0. The van der Waals surface area contributed by atoms with Crippen molar-refractivity contribution in [3.8, 4) is 0 Å². The quantitative estimate of drug-likeness (QED) is 0.644. The van der Waals surface area contributed by atoms with Gasteiger partial charge >= 0.3 is 5.97 Å². The molecule has 0 N–H and O–H groups in total. The lowest BCUT2D eigenvalue weighted by Crippen LogP contribution is -1.98. The summed E-state index contributed by atoms with van der Waals surface area (Å²) in [6.07, 6.45) is 3.84. The first-order chi connectivity index (χ1) is 6.54. The fraction of sp³-hybridized carbons (Fsp3) is 0.818. The van der Waals surface area contributed by atoms with E-state index in [1.807, 2.05) is 6.92 Å². The Kier molecular flexibility index (Phi) is 13.5. The van der Waals surface area contributed by atoms with Gasteiger partial charge in [0.1, 0.15) is 5.78 Å². The van der Waals surface area contributed by atoms with Gasteiger partial charge in [-0.1, -0.05) is 20.3 Å². The van der Waals surface area contributed by atoms with Crippen molar-refractivity contribution in [2.24, 2.45) is 0 Å². The molecule has 0 fully saturated rings. The summed E-state index contributed by atoms with van der Waals surface area (Å²) >= 11 is 0. The molecule has 0 bridgehead atoms. The Bertz CT molecular complexity index is 135. The zero-order valence-corrected chi connectivity index (χ0v) is 9.76. The second kappa shape index (κ2) is 12.1. The van der Waals surface area contributed by atoms with E-state index in [0.717, 1.165) is 25.7 Å². The average Bonchev–Trinajstić information content (AvgIpc) is 2.12. The first kappa shape index (κ1) is 15.6. The van der Waals surface area contributed by atoms with Gasteiger partial charge < -0.3 is 9.53 Å². The van der Waals surface area contributed by atoms with Crippen LogP contribution in [0.4, 0.5) is 0 Å². The number of carbonyl (C=O) groups excluding carboxylic acids is 2. The average molecular weight is 202 g/mol. The Morgan fingerprint density at radius 3 is 1.79 bits per heavy atom. The molecule has 0 aromatic heterocycles. The molecule has 14 heavy (non-hydrogen) atoms. The van der Waals surface area contributed by atoms with Gasteiger partial charge in [0.25, 0.3) is 0 Å². The minimum absolute atomic E-state index is 0.193. The third kappa shape index (κ3) is 22.5. The summed E-state index contributed by atoms with van der Waals surface area (Å²) < 4.78 is 4.55. The molecular weight excluding hydrogens is 180 g/mol. The van der Waals surface area contributed by atoms with Gasteiger partial charge in [-0.25, -0.2) is 0 Å². The molecule has 3 nitrogen and oxygen atoms in total. The summed E-state index contributed by atoms with van der Waals surface area (Å²) in [5, 5.41) is 0. The van der Waals surface area contributed by atoms with Crippen LogP contribution in [-0.2, 0) is 14.3 Å². The van der Waals surface area contributed by atoms with Crippen LogP contribution in [0.2, 0.25) is 0 Å². The molecule has 84 valence electrons. The number of carbonyl (C=O) groups is 2. The number of rotatable bonds is 5. The second-order valence-electron chi connectivity index (χ2n) is 3.15. The number of ether oxygens (including phenoxy) is 1. The molecule has 3 heteroatoms. The van der Waals surface area contributed by atoms with E-state index in [2.05, 4.69) is 11.7 Å². The second-order valence-corrected chi connectivity index (χ2v) is 3.15. The lowest BCUT2D eigenvalue weighted by atomic mass is 10.2. The summed E-state index contributed by atoms with van der Waals surface area (Å²) in [6.45, 7) is 7.65. The molecule has 0 atom stereocenters. The number of unbranched alkanes of at least 4 members (excludes halogenated alkanes) is 1. The third-order valence-electron chi connectivity index (χ3n) is 1.39. The predicted octanol–water partition coefficient (Wildman–Crippen LogP) is 2.73. The SMILES string of the molecule is CCCCC(C)=O.CCCOC(C)=O. The minimum atomic E-state index is -0.193. The number of hydrogen-bond acceptors (Lipinski definition) is 3. The third-order valence-corrected chi connectivity index (χ3v) is 1.39. The Hall–Kier alpha value is -0.860. The Morgan fingerprint density at radius 1 is 1.07 bits per heavy atom. The van der Waals surface area contributed by atoms with E-state index in [4.69, 9.17) is 0 Å². The van der Waals surface area contributed by atoms with Crippen molar-refractivity contribution in [3.05, 3.63) is 0 Å². The molecule has 0 radical (unpaired) electrons. The van der Waals surface area contributed by atoms with Crippen LogP contribution in [0.15, 0.2) is 0 Å². The predicted molar refractivity (Wildman–Crippen MR) is 57.1 cm³/mol. The molecule has 0 rings (SSSR count). The van der Waals surface area contributed by atoms with Crippen LogP contribution in [0.25, 0.3) is 0 Å². The van der Waals surface area contributed by atoms with Crippen molar-refractivity contribution in [2.45, 2.75) is 53.4 Å². The molecule has 0 unspecified atom stereocenters. The van der Waals surface area contributed by atoms with Crippen molar-refractivity contribution < 1.29 is 14.3 Å². The van der Waals surface area contributed by atoms with Crippen LogP contribution < -0.4 is 0 Å². The van der Waals surface area contributed by atoms with Crippen molar-refractivity contribution in [1.29, 1.82) is 0 Å².